The third-order valence-electron chi connectivity index (χ3n) is 3.13. The van der Waals surface area contributed by atoms with Gasteiger partial charge in [-0.1, -0.05) is 41.1 Å². The van der Waals surface area contributed by atoms with Crippen molar-refractivity contribution in [3.8, 4) is 0 Å². The van der Waals surface area contributed by atoms with Gasteiger partial charge in [0, 0.05) is 15.9 Å². The molecule has 0 aliphatic carbocycles. The molecule has 0 bridgehead atoms. The Bertz CT molecular complexity index is 1000. The Labute approximate surface area is 128 Å². The van der Waals surface area contributed by atoms with E-state index in [0.29, 0.717) is 9.82 Å². The molecule has 102 valence electrons. The maximum Gasteiger partial charge on any atom is 0.232 e. The van der Waals surface area contributed by atoms with E-state index in [2.05, 4.69) is 20.2 Å². The maximum atomic E-state index is 5.87. The Hall–Kier alpha value is -2.24. The van der Waals surface area contributed by atoms with Crippen molar-refractivity contribution in [2.45, 2.75) is 0 Å². The molecular formula is C15H9ClN4S. The van der Waals surface area contributed by atoms with E-state index in [1.165, 1.54) is 11.3 Å². The Morgan fingerprint density at radius 1 is 1.00 bits per heavy atom. The Morgan fingerprint density at radius 2 is 1.81 bits per heavy atom. The summed E-state index contributed by atoms with van der Waals surface area (Å²) in [5.41, 5.74) is 2.74. The smallest absolute Gasteiger partial charge is 0.232 e. The van der Waals surface area contributed by atoms with E-state index < -0.39 is 0 Å². The van der Waals surface area contributed by atoms with Crippen LogP contribution in [0.15, 0.2) is 53.5 Å². The van der Waals surface area contributed by atoms with Gasteiger partial charge in [-0.05, 0) is 30.3 Å². The minimum absolute atomic E-state index is 0.608. The topological polar surface area (TPSA) is 53.9 Å². The molecule has 0 amide bonds. The molecule has 2 aromatic carbocycles. The molecule has 0 radical (unpaired) electrons. The first-order valence-corrected chi connectivity index (χ1v) is 7.53. The molecule has 4 aromatic rings. The summed E-state index contributed by atoms with van der Waals surface area (Å²) in [6.07, 6.45) is 0. The highest BCUT2D eigenvalue weighted by Gasteiger charge is 2.05. The molecule has 6 heteroatoms. The van der Waals surface area contributed by atoms with Crippen molar-refractivity contribution in [3.05, 3.63) is 58.4 Å². The standard InChI is InChI=1S/C15H9ClN4S/c16-9-5-7-10(8-6-9)17-15-20-19-13-11-3-1-2-4-12(11)18-14(13)21-15/h1-8,18H. The summed E-state index contributed by atoms with van der Waals surface area (Å²) in [6.45, 7) is 0. The fraction of sp³-hybridized carbons (Fsp3) is 0. The number of nitrogens with zero attached hydrogens (tertiary/aromatic N) is 3. The maximum absolute atomic E-state index is 5.87. The highest BCUT2D eigenvalue weighted by atomic mass is 35.5. The van der Waals surface area contributed by atoms with Crippen LogP contribution in [0.5, 0.6) is 0 Å². The van der Waals surface area contributed by atoms with Gasteiger partial charge in [0.15, 0.2) is 0 Å². The molecule has 0 saturated heterocycles. The molecule has 4 nitrogen and oxygen atoms in total. The van der Waals surface area contributed by atoms with Crippen LogP contribution in [0, 0.1) is 0 Å². The van der Waals surface area contributed by atoms with Gasteiger partial charge in [-0.25, -0.2) is 4.99 Å². The van der Waals surface area contributed by atoms with Crippen LogP contribution < -0.4 is 4.80 Å². The summed E-state index contributed by atoms with van der Waals surface area (Å²) in [5, 5.41) is 10.3. The molecule has 0 spiro atoms. The zero-order valence-corrected chi connectivity index (χ0v) is 12.3. The molecule has 4 rings (SSSR count). The number of rotatable bonds is 1. The number of hydrogen-bond donors (Lipinski definition) is 1. The van der Waals surface area contributed by atoms with Gasteiger partial charge in [-0.15, -0.1) is 10.2 Å². The number of benzene rings is 2. The minimum Gasteiger partial charge on any atom is -0.345 e. The molecule has 0 atom stereocenters. The average molecular weight is 313 g/mol. The number of aromatic nitrogens is 3. The van der Waals surface area contributed by atoms with Crippen molar-refractivity contribution in [2.24, 2.45) is 4.99 Å². The number of halogens is 1. The van der Waals surface area contributed by atoms with Gasteiger partial charge in [-0.2, -0.15) is 0 Å². The molecule has 0 aliphatic rings. The van der Waals surface area contributed by atoms with Crippen molar-refractivity contribution in [1.29, 1.82) is 0 Å². The molecule has 0 saturated carbocycles. The largest absolute Gasteiger partial charge is 0.345 e. The summed E-state index contributed by atoms with van der Waals surface area (Å²) >= 11 is 7.35. The lowest BCUT2D eigenvalue weighted by atomic mass is 10.2. The third kappa shape index (κ3) is 2.30. The van der Waals surface area contributed by atoms with Crippen LogP contribution in [0.2, 0.25) is 5.02 Å². The second-order valence-electron chi connectivity index (χ2n) is 4.52. The van der Waals surface area contributed by atoms with Gasteiger partial charge in [0.2, 0.25) is 4.80 Å². The van der Waals surface area contributed by atoms with Crippen LogP contribution in [-0.2, 0) is 0 Å². The number of nitrogens with one attached hydrogen (secondary N) is 1. The van der Waals surface area contributed by atoms with E-state index in [4.69, 9.17) is 11.6 Å². The highest BCUT2D eigenvalue weighted by Crippen LogP contribution is 2.23. The second-order valence-corrected chi connectivity index (χ2v) is 5.94. The van der Waals surface area contributed by atoms with Crippen LogP contribution in [0.4, 0.5) is 5.69 Å². The highest BCUT2D eigenvalue weighted by molar-refractivity contribution is 7.15. The second kappa shape index (κ2) is 4.95. The zero-order valence-electron chi connectivity index (χ0n) is 10.7. The molecule has 2 heterocycles. The monoisotopic (exact) mass is 312 g/mol. The summed E-state index contributed by atoms with van der Waals surface area (Å²) in [7, 11) is 0. The van der Waals surface area contributed by atoms with Gasteiger partial charge in [-0.3, -0.25) is 0 Å². The predicted molar refractivity (Wildman–Crippen MR) is 85.9 cm³/mol. The molecule has 2 aromatic heterocycles. The molecule has 0 unspecified atom stereocenters. The fourth-order valence-electron chi connectivity index (χ4n) is 2.15. The van der Waals surface area contributed by atoms with Crippen LogP contribution >= 0.6 is 22.9 Å². The lowest BCUT2D eigenvalue weighted by Crippen LogP contribution is -2.03. The Morgan fingerprint density at radius 3 is 2.67 bits per heavy atom. The summed E-state index contributed by atoms with van der Waals surface area (Å²) in [6, 6.07) is 15.4. The van der Waals surface area contributed by atoms with E-state index in [0.717, 1.165) is 26.9 Å². The van der Waals surface area contributed by atoms with E-state index in [9.17, 15) is 0 Å². The van der Waals surface area contributed by atoms with Gasteiger partial charge in [0.25, 0.3) is 0 Å². The lowest BCUT2D eigenvalue weighted by Gasteiger charge is -1.92. The fourth-order valence-corrected chi connectivity index (χ4v) is 3.10. The van der Waals surface area contributed by atoms with Crippen molar-refractivity contribution in [1.82, 2.24) is 15.2 Å². The first-order chi connectivity index (χ1) is 10.3. The number of hydrogen-bond acceptors (Lipinski definition) is 4. The van der Waals surface area contributed by atoms with Gasteiger partial charge in [0.05, 0.1) is 5.69 Å². The minimum atomic E-state index is 0.608. The Balaban J connectivity index is 1.90. The number of fused-ring (bicyclic) bond motifs is 3. The van der Waals surface area contributed by atoms with E-state index in [1.54, 1.807) is 12.1 Å². The van der Waals surface area contributed by atoms with Gasteiger partial charge < -0.3 is 4.98 Å². The summed E-state index contributed by atoms with van der Waals surface area (Å²) in [5.74, 6) is 0. The van der Waals surface area contributed by atoms with Crippen molar-refractivity contribution < 1.29 is 0 Å². The SMILES string of the molecule is Clc1ccc(N=c2nnc3c([nH]c4ccccc43)s2)cc1. The van der Waals surface area contributed by atoms with Crippen molar-refractivity contribution >= 4 is 49.9 Å². The number of aromatic amines is 1. The van der Waals surface area contributed by atoms with Gasteiger partial charge >= 0.3 is 0 Å². The first kappa shape index (κ1) is 12.5. The molecule has 21 heavy (non-hydrogen) atoms. The predicted octanol–water partition coefficient (Wildman–Crippen LogP) is 4.06. The van der Waals surface area contributed by atoms with Crippen LogP contribution in [0.25, 0.3) is 21.3 Å². The van der Waals surface area contributed by atoms with Crippen LogP contribution in [0.3, 0.4) is 0 Å². The van der Waals surface area contributed by atoms with Crippen molar-refractivity contribution in [3.63, 3.8) is 0 Å². The van der Waals surface area contributed by atoms with E-state index in [-0.39, 0.29) is 0 Å². The van der Waals surface area contributed by atoms with Gasteiger partial charge in [0.1, 0.15) is 10.3 Å². The molecular weight excluding hydrogens is 304 g/mol. The van der Waals surface area contributed by atoms with Crippen LogP contribution in [-0.4, -0.2) is 15.2 Å². The lowest BCUT2D eigenvalue weighted by molar-refractivity contribution is 1.03. The molecule has 0 aliphatic heterocycles. The van der Waals surface area contributed by atoms with Crippen LogP contribution in [0.1, 0.15) is 0 Å². The quantitative estimate of drug-likeness (QED) is 0.576. The zero-order chi connectivity index (χ0) is 14.2. The Kier molecular flexibility index (Phi) is 2.94. The number of H-pyrrole nitrogens is 1. The third-order valence-corrected chi connectivity index (χ3v) is 4.23. The van der Waals surface area contributed by atoms with E-state index in [1.807, 2.05) is 36.4 Å². The first-order valence-electron chi connectivity index (χ1n) is 6.34. The molecule has 1 N–H and O–H groups in total. The average Bonchev–Trinajstić information content (AvgIpc) is 2.87. The normalized spacial score (nSPS) is 12.3. The summed E-state index contributed by atoms with van der Waals surface area (Å²) in [4.78, 5) is 9.40. The van der Waals surface area contributed by atoms with Crippen molar-refractivity contribution in [2.75, 3.05) is 0 Å². The van der Waals surface area contributed by atoms with E-state index >= 15 is 0 Å². The summed E-state index contributed by atoms with van der Waals surface area (Å²) < 4.78 is 0. The number of para-hydroxylation sites is 1. The molecule has 0 fully saturated rings.